The number of carbonyl (C=O) groups excluding carboxylic acids is 1. The van der Waals surface area contributed by atoms with Gasteiger partial charge in [0.05, 0.1) is 17.8 Å². The minimum absolute atomic E-state index is 0.114. The molecular weight excluding hydrogens is 385 g/mol. The smallest absolute Gasteiger partial charge is 0.320 e. The van der Waals surface area contributed by atoms with Crippen molar-refractivity contribution in [3.8, 4) is 11.3 Å². The van der Waals surface area contributed by atoms with Gasteiger partial charge in [-0.15, -0.1) is 0 Å². The molecule has 1 amide bonds. The molecule has 1 aromatic carbocycles. The summed E-state index contributed by atoms with van der Waals surface area (Å²) in [7, 11) is -2.85. The third-order valence-corrected chi connectivity index (χ3v) is 6.83. The predicted molar refractivity (Wildman–Crippen MR) is 105 cm³/mol. The number of aryl methyl sites for hydroxylation is 1. The van der Waals surface area contributed by atoms with Crippen LogP contribution in [0.1, 0.15) is 11.3 Å². The lowest BCUT2D eigenvalue weighted by atomic mass is 10.1. The Hall–Kier alpha value is -2.38. The van der Waals surface area contributed by atoms with E-state index in [4.69, 9.17) is 0 Å². The molecule has 7 nitrogen and oxygen atoms in total. The quantitative estimate of drug-likeness (QED) is 0.635. The Balaban J connectivity index is 1.73. The van der Waals surface area contributed by atoms with Crippen LogP contribution in [0.5, 0.6) is 0 Å². The van der Waals surface area contributed by atoms with E-state index in [0.29, 0.717) is 0 Å². The van der Waals surface area contributed by atoms with Crippen LogP contribution in [0.3, 0.4) is 0 Å². The molecule has 0 aliphatic carbocycles. The number of nitrogens with zero attached hydrogens (tertiary/aromatic N) is 3. The third kappa shape index (κ3) is 4.48. The van der Waals surface area contributed by atoms with Crippen molar-refractivity contribution in [3.63, 3.8) is 0 Å². The summed E-state index contributed by atoms with van der Waals surface area (Å²) in [5.74, 6) is -0.216. The number of pyridine rings is 1. The van der Waals surface area contributed by atoms with Gasteiger partial charge in [-0.1, -0.05) is 41.7 Å². The summed E-state index contributed by atoms with van der Waals surface area (Å²) in [5.41, 5.74) is 2.88. The molecule has 2 heterocycles. The van der Waals surface area contributed by atoms with Crippen molar-refractivity contribution in [1.82, 2.24) is 9.97 Å². The summed E-state index contributed by atoms with van der Waals surface area (Å²) in [6.45, 7) is 1.52. The van der Waals surface area contributed by atoms with E-state index in [2.05, 4.69) is 9.97 Å². The van der Waals surface area contributed by atoms with Gasteiger partial charge in [0.15, 0.2) is 5.13 Å². The molecule has 0 saturated carbocycles. The number of rotatable bonds is 5. The molecule has 0 atom stereocenters. The van der Waals surface area contributed by atoms with Crippen LogP contribution in [0.4, 0.5) is 5.13 Å². The summed E-state index contributed by atoms with van der Waals surface area (Å²) in [6, 6.07) is 13.2. The van der Waals surface area contributed by atoms with Gasteiger partial charge in [-0.05, 0) is 24.6 Å². The zero-order valence-electron chi connectivity index (χ0n) is 14.7. The van der Waals surface area contributed by atoms with Crippen LogP contribution < -0.4 is 9.52 Å². The van der Waals surface area contributed by atoms with Crippen molar-refractivity contribution in [2.75, 3.05) is 11.9 Å². The molecular formula is C18H18N3O4PS. The van der Waals surface area contributed by atoms with E-state index in [1.165, 1.54) is 11.8 Å². The van der Waals surface area contributed by atoms with Crippen molar-refractivity contribution in [3.05, 3.63) is 59.9 Å². The first-order chi connectivity index (χ1) is 12.8. The molecule has 2 aromatic heterocycles. The minimum Gasteiger partial charge on any atom is -0.320 e. The van der Waals surface area contributed by atoms with E-state index in [1.54, 1.807) is 13.2 Å². The predicted octanol–water partition coefficient (Wildman–Crippen LogP) is 2.52. The van der Waals surface area contributed by atoms with Crippen LogP contribution in [0, 0.1) is 6.92 Å². The van der Waals surface area contributed by atoms with Crippen LogP contribution in [-0.4, -0.2) is 32.7 Å². The number of anilines is 1. The zero-order chi connectivity index (χ0) is 19.6. The number of carbonyl (C=O) groups is 1. The number of aromatic nitrogens is 2. The maximum absolute atomic E-state index is 12.5. The average Bonchev–Trinajstić information content (AvgIpc) is 3.04. The largest absolute Gasteiger partial charge is 0.368 e. The summed E-state index contributed by atoms with van der Waals surface area (Å²) >= 11 is 0.836. The number of hydrogen-bond donors (Lipinski definition) is 2. The Morgan fingerprint density at radius 1 is 1.19 bits per heavy atom. The molecule has 0 radical (unpaired) electrons. The number of thiazole rings is 1. The van der Waals surface area contributed by atoms with E-state index in [-0.39, 0.29) is 27.8 Å². The number of amides is 1. The highest BCUT2D eigenvalue weighted by molar-refractivity contribution is 7.67. The van der Waals surface area contributed by atoms with E-state index in [0.717, 1.165) is 28.2 Å². The van der Waals surface area contributed by atoms with Gasteiger partial charge in [0, 0.05) is 18.8 Å². The molecule has 0 aliphatic heterocycles. The molecule has 0 fully saturated rings. The lowest BCUT2D eigenvalue weighted by Gasteiger charge is -2.14. The maximum Gasteiger partial charge on any atom is 0.368 e. The van der Waals surface area contributed by atoms with Gasteiger partial charge in [0.1, 0.15) is 4.62 Å². The number of hydrogen-bond acceptors (Lipinski definition) is 5. The SMILES string of the molecule is Cc1nc(N(C)C(=O)Cc2ccc(-c3ccccn3)cc2)sc1P(=O)(O)O. The summed E-state index contributed by atoms with van der Waals surface area (Å²) in [6.07, 6.45) is 1.88. The first-order valence-electron chi connectivity index (χ1n) is 8.06. The van der Waals surface area contributed by atoms with E-state index in [1.807, 2.05) is 42.5 Å². The van der Waals surface area contributed by atoms with Gasteiger partial charge in [0.25, 0.3) is 0 Å². The van der Waals surface area contributed by atoms with Gasteiger partial charge in [-0.25, -0.2) is 4.98 Å². The van der Waals surface area contributed by atoms with Gasteiger partial charge in [-0.3, -0.25) is 19.2 Å². The maximum atomic E-state index is 12.5. The second-order valence-corrected chi connectivity index (χ2v) is 8.79. The van der Waals surface area contributed by atoms with Crippen molar-refractivity contribution >= 4 is 34.6 Å². The first kappa shape index (κ1) is 19.4. The van der Waals surface area contributed by atoms with Crippen molar-refractivity contribution in [2.24, 2.45) is 0 Å². The summed E-state index contributed by atoms with van der Waals surface area (Å²) < 4.78 is 11.3. The monoisotopic (exact) mass is 403 g/mol. The Kier molecular flexibility index (Phi) is 5.53. The van der Waals surface area contributed by atoms with Crippen molar-refractivity contribution in [2.45, 2.75) is 13.3 Å². The normalized spacial score (nSPS) is 11.4. The standard InChI is InChI=1S/C18H18N3O4PS/c1-12-17(26(23,24)25)27-18(20-12)21(2)16(22)11-13-6-8-14(9-7-13)15-5-3-4-10-19-15/h3-10H,11H2,1-2H3,(H2,23,24,25). The number of likely N-dealkylation sites (N-methyl/N-ethyl adjacent to an activating group) is 1. The van der Waals surface area contributed by atoms with Gasteiger partial charge < -0.3 is 9.79 Å². The second-order valence-electron chi connectivity index (χ2n) is 5.97. The van der Waals surface area contributed by atoms with E-state index >= 15 is 0 Å². The molecule has 0 bridgehead atoms. The fourth-order valence-corrected chi connectivity index (χ4v) is 4.49. The van der Waals surface area contributed by atoms with Crippen LogP contribution in [-0.2, 0) is 15.8 Å². The highest BCUT2D eigenvalue weighted by Gasteiger charge is 2.27. The summed E-state index contributed by atoms with van der Waals surface area (Å²) in [4.78, 5) is 40.9. The van der Waals surface area contributed by atoms with E-state index < -0.39 is 7.60 Å². The molecule has 9 heteroatoms. The first-order valence-corrected chi connectivity index (χ1v) is 10.5. The molecule has 140 valence electrons. The summed E-state index contributed by atoms with van der Waals surface area (Å²) in [5, 5.41) is 0.265. The fraction of sp³-hybridized carbons (Fsp3) is 0.167. The van der Waals surface area contributed by atoms with Crippen molar-refractivity contribution in [1.29, 1.82) is 0 Å². The average molecular weight is 403 g/mol. The second kappa shape index (κ2) is 7.70. The lowest BCUT2D eigenvalue weighted by Crippen LogP contribution is -2.27. The molecule has 0 unspecified atom stereocenters. The molecule has 2 N–H and O–H groups in total. The Morgan fingerprint density at radius 2 is 1.89 bits per heavy atom. The lowest BCUT2D eigenvalue weighted by molar-refractivity contribution is -0.117. The highest BCUT2D eigenvalue weighted by atomic mass is 32.1. The Bertz CT molecular complexity index is 999. The minimum atomic E-state index is -4.39. The molecule has 3 rings (SSSR count). The van der Waals surface area contributed by atoms with Gasteiger partial charge in [0.2, 0.25) is 5.91 Å². The third-order valence-electron chi connectivity index (χ3n) is 3.96. The van der Waals surface area contributed by atoms with Gasteiger partial charge in [-0.2, -0.15) is 0 Å². The molecule has 0 spiro atoms. The van der Waals surface area contributed by atoms with Crippen molar-refractivity contribution < 1.29 is 19.1 Å². The Morgan fingerprint density at radius 3 is 2.44 bits per heavy atom. The number of benzene rings is 1. The fourth-order valence-electron chi connectivity index (χ4n) is 2.51. The molecule has 3 aromatic rings. The van der Waals surface area contributed by atoms with Crippen LogP contribution in [0.25, 0.3) is 11.3 Å². The molecule has 0 saturated heterocycles. The molecule has 0 aliphatic rings. The molecule has 27 heavy (non-hydrogen) atoms. The Labute approximate surface area is 160 Å². The zero-order valence-corrected chi connectivity index (χ0v) is 16.4. The topological polar surface area (TPSA) is 104 Å². The van der Waals surface area contributed by atoms with Gasteiger partial charge >= 0.3 is 7.60 Å². The van der Waals surface area contributed by atoms with Crippen LogP contribution in [0.15, 0.2) is 48.7 Å². The highest BCUT2D eigenvalue weighted by Crippen LogP contribution is 2.39. The van der Waals surface area contributed by atoms with Crippen LogP contribution in [0.2, 0.25) is 0 Å². The van der Waals surface area contributed by atoms with Crippen LogP contribution >= 0.6 is 18.9 Å². The van der Waals surface area contributed by atoms with E-state index in [9.17, 15) is 19.1 Å².